The number of nitrogens with zero attached hydrogens (tertiary/aromatic N) is 1. The molecule has 2 aromatic carbocycles. The summed E-state index contributed by atoms with van der Waals surface area (Å²) < 4.78 is 0. The van der Waals surface area contributed by atoms with Crippen LogP contribution in [0.25, 0.3) is 0 Å². The van der Waals surface area contributed by atoms with E-state index in [1.165, 1.54) is 12.1 Å². The maximum atomic E-state index is 12.1. The summed E-state index contributed by atoms with van der Waals surface area (Å²) in [4.78, 5) is 23.7. The lowest BCUT2D eigenvalue weighted by Gasteiger charge is -2.23. The van der Waals surface area contributed by atoms with Crippen LogP contribution in [0.15, 0.2) is 48.5 Å². The van der Waals surface area contributed by atoms with Crippen molar-refractivity contribution < 1.29 is 19.8 Å². The SMILES string of the molecule is NNC(=O)C(=O)N(Cc1ccccc1O)NCc1ccccc1O. The number of phenolic OH excluding ortho intramolecular Hbond substituents is 2. The molecule has 0 radical (unpaired) electrons. The molecule has 0 fully saturated rings. The standard InChI is InChI=1S/C16H18N4O4/c17-19-15(23)16(24)20(10-12-6-2-4-8-14(12)22)18-9-11-5-1-3-7-13(11)21/h1-8,18,21-22H,9-10,17H2,(H,19,23). The number of phenols is 2. The molecular weight excluding hydrogens is 312 g/mol. The van der Waals surface area contributed by atoms with Gasteiger partial charge in [0.25, 0.3) is 0 Å². The molecule has 126 valence electrons. The molecule has 0 atom stereocenters. The van der Waals surface area contributed by atoms with E-state index in [1.54, 1.807) is 41.8 Å². The van der Waals surface area contributed by atoms with Gasteiger partial charge in [0.1, 0.15) is 11.5 Å². The molecule has 0 saturated heterocycles. The second-order valence-corrected chi connectivity index (χ2v) is 4.96. The van der Waals surface area contributed by atoms with Gasteiger partial charge in [-0.1, -0.05) is 36.4 Å². The predicted molar refractivity (Wildman–Crippen MR) is 85.9 cm³/mol. The van der Waals surface area contributed by atoms with Crippen LogP contribution in [0.1, 0.15) is 11.1 Å². The van der Waals surface area contributed by atoms with E-state index in [2.05, 4.69) is 5.43 Å². The fourth-order valence-corrected chi connectivity index (χ4v) is 2.04. The number of carbonyl (C=O) groups excluding carboxylic acids is 2. The Kier molecular flexibility index (Phi) is 5.72. The maximum absolute atomic E-state index is 12.1. The number of hydrogen-bond donors (Lipinski definition) is 5. The van der Waals surface area contributed by atoms with Gasteiger partial charge in [0.15, 0.2) is 0 Å². The van der Waals surface area contributed by atoms with Gasteiger partial charge in [-0.3, -0.25) is 20.0 Å². The molecule has 6 N–H and O–H groups in total. The number of hydrogen-bond acceptors (Lipinski definition) is 6. The van der Waals surface area contributed by atoms with E-state index in [0.29, 0.717) is 11.1 Å². The van der Waals surface area contributed by atoms with Gasteiger partial charge >= 0.3 is 11.8 Å². The van der Waals surface area contributed by atoms with Gasteiger partial charge in [-0.2, -0.15) is 0 Å². The minimum atomic E-state index is -1.00. The Bertz CT molecular complexity index is 736. The van der Waals surface area contributed by atoms with Crippen LogP contribution >= 0.6 is 0 Å². The third kappa shape index (κ3) is 4.22. The molecule has 0 unspecified atom stereocenters. The molecule has 8 nitrogen and oxygen atoms in total. The smallest absolute Gasteiger partial charge is 0.327 e. The van der Waals surface area contributed by atoms with Crippen molar-refractivity contribution in [2.24, 2.45) is 5.84 Å². The van der Waals surface area contributed by atoms with Crippen molar-refractivity contribution in [3.63, 3.8) is 0 Å². The Balaban J connectivity index is 2.17. The molecule has 2 rings (SSSR count). The molecule has 0 heterocycles. The first-order valence-electron chi connectivity index (χ1n) is 7.12. The van der Waals surface area contributed by atoms with Crippen LogP contribution in [0, 0.1) is 0 Å². The zero-order valence-electron chi connectivity index (χ0n) is 12.8. The largest absolute Gasteiger partial charge is 0.508 e. The van der Waals surface area contributed by atoms with Crippen LogP contribution in [0.4, 0.5) is 0 Å². The zero-order chi connectivity index (χ0) is 17.5. The summed E-state index contributed by atoms with van der Waals surface area (Å²) in [5.41, 5.74) is 5.52. The highest BCUT2D eigenvalue weighted by atomic mass is 16.3. The lowest BCUT2D eigenvalue weighted by atomic mass is 10.2. The van der Waals surface area contributed by atoms with Crippen LogP contribution in [0.3, 0.4) is 0 Å². The van der Waals surface area contributed by atoms with Gasteiger partial charge < -0.3 is 10.2 Å². The molecule has 0 aliphatic rings. The number of carbonyl (C=O) groups is 2. The molecule has 8 heteroatoms. The van der Waals surface area contributed by atoms with Crippen molar-refractivity contribution >= 4 is 11.8 Å². The molecule has 0 aromatic heterocycles. The van der Waals surface area contributed by atoms with E-state index in [4.69, 9.17) is 5.84 Å². The van der Waals surface area contributed by atoms with Crippen LogP contribution in [-0.2, 0) is 22.7 Å². The second kappa shape index (κ2) is 7.95. The highest BCUT2D eigenvalue weighted by molar-refractivity contribution is 6.34. The highest BCUT2D eigenvalue weighted by Crippen LogP contribution is 2.18. The maximum Gasteiger partial charge on any atom is 0.327 e. The number of nitrogens with one attached hydrogen (secondary N) is 2. The number of nitrogens with two attached hydrogens (primary N) is 1. The van der Waals surface area contributed by atoms with Crippen molar-refractivity contribution in [2.75, 3.05) is 0 Å². The lowest BCUT2D eigenvalue weighted by Crippen LogP contribution is -2.50. The van der Waals surface area contributed by atoms with Crippen molar-refractivity contribution in [3.05, 3.63) is 59.7 Å². The van der Waals surface area contributed by atoms with E-state index in [1.807, 2.05) is 0 Å². The number of aromatic hydroxyl groups is 2. The minimum Gasteiger partial charge on any atom is -0.508 e. The van der Waals surface area contributed by atoms with Crippen LogP contribution < -0.4 is 16.7 Å². The number of para-hydroxylation sites is 2. The Morgan fingerprint density at radius 1 is 0.958 bits per heavy atom. The van der Waals surface area contributed by atoms with Gasteiger partial charge in [-0.05, 0) is 12.1 Å². The molecule has 0 spiro atoms. The molecule has 0 aliphatic heterocycles. The highest BCUT2D eigenvalue weighted by Gasteiger charge is 2.22. The molecule has 0 saturated carbocycles. The van der Waals surface area contributed by atoms with Gasteiger partial charge in [0.2, 0.25) is 0 Å². The first kappa shape index (κ1) is 17.3. The molecule has 2 amide bonds. The van der Waals surface area contributed by atoms with E-state index >= 15 is 0 Å². The average molecular weight is 330 g/mol. The van der Waals surface area contributed by atoms with E-state index in [9.17, 15) is 19.8 Å². The minimum absolute atomic E-state index is 0.00665. The monoisotopic (exact) mass is 330 g/mol. The van der Waals surface area contributed by atoms with Gasteiger partial charge in [-0.15, -0.1) is 0 Å². The Labute approximate surface area is 138 Å². The number of benzene rings is 2. The fourth-order valence-electron chi connectivity index (χ4n) is 2.04. The summed E-state index contributed by atoms with van der Waals surface area (Å²) in [6, 6.07) is 13.0. The molecule has 2 aromatic rings. The molecule has 0 aliphatic carbocycles. The van der Waals surface area contributed by atoms with E-state index in [-0.39, 0.29) is 24.6 Å². The van der Waals surface area contributed by atoms with Gasteiger partial charge in [0, 0.05) is 17.7 Å². The van der Waals surface area contributed by atoms with E-state index < -0.39 is 11.8 Å². The first-order chi connectivity index (χ1) is 11.5. The third-order valence-electron chi connectivity index (χ3n) is 3.34. The quantitative estimate of drug-likeness (QED) is 0.229. The summed E-state index contributed by atoms with van der Waals surface area (Å²) in [7, 11) is 0. The zero-order valence-corrected chi connectivity index (χ0v) is 12.8. The fraction of sp³-hybridized carbons (Fsp3) is 0.125. The normalized spacial score (nSPS) is 10.2. The Morgan fingerprint density at radius 3 is 2.04 bits per heavy atom. The summed E-state index contributed by atoms with van der Waals surface area (Å²) >= 11 is 0. The summed E-state index contributed by atoms with van der Waals surface area (Å²) in [5.74, 6) is 3.13. The Hall–Kier alpha value is -3.10. The predicted octanol–water partition coefficient (Wildman–Crippen LogP) is 0.121. The summed E-state index contributed by atoms with van der Waals surface area (Å²) in [6.45, 7) is 0.0381. The van der Waals surface area contributed by atoms with Crippen LogP contribution in [0.5, 0.6) is 11.5 Å². The summed E-state index contributed by atoms with van der Waals surface area (Å²) in [5, 5.41) is 20.6. The second-order valence-electron chi connectivity index (χ2n) is 4.96. The molecule has 0 bridgehead atoms. The average Bonchev–Trinajstić information content (AvgIpc) is 2.60. The lowest BCUT2D eigenvalue weighted by molar-refractivity contribution is -0.148. The van der Waals surface area contributed by atoms with E-state index in [0.717, 1.165) is 5.01 Å². The number of hydrazine groups is 2. The van der Waals surface area contributed by atoms with Crippen LogP contribution in [0.2, 0.25) is 0 Å². The third-order valence-corrected chi connectivity index (χ3v) is 3.34. The van der Waals surface area contributed by atoms with Gasteiger partial charge in [-0.25, -0.2) is 11.3 Å². The number of amides is 2. The van der Waals surface area contributed by atoms with Crippen molar-refractivity contribution in [3.8, 4) is 11.5 Å². The molecule has 24 heavy (non-hydrogen) atoms. The number of rotatable bonds is 5. The van der Waals surface area contributed by atoms with Crippen molar-refractivity contribution in [1.29, 1.82) is 0 Å². The Morgan fingerprint density at radius 2 is 1.50 bits per heavy atom. The topological polar surface area (TPSA) is 128 Å². The van der Waals surface area contributed by atoms with Crippen molar-refractivity contribution in [1.82, 2.24) is 15.9 Å². The van der Waals surface area contributed by atoms with Crippen molar-refractivity contribution in [2.45, 2.75) is 13.1 Å². The van der Waals surface area contributed by atoms with Crippen LogP contribution in [-0.4, -0.2) is 27.0 Å². The summed E-state index contributed by atoms with van der Waals surface area (Å²) in [6.07, 6.45) is 0. The molecular formula is C16H18N4O4. The first-order valence-corrected chi connectivity index (χ1v) is 7.12. The van der Waals surface area contributed by atoms with Gasteiger partial charge in [0.05, 0.1) is 6.54 Å².